The maximum Gasteiger partial charge on any atom is 0.258 e. The minimum atomic E-state index is -0.379. The molecular weight excluding hydrogens is 453 g/mol. The van der Waals surface area contributed by atoms with Gasteiger partial charge < -0.3 is 5.32 Å². The van der Waals surface area contributed by atoms with Crippen molar-refractivity contribution >= 4 is 33.2 Å². The second-order valence-electron chi connectivity index (χ2n) is 7.27. The van der Waals surface area contributed by atoms with E-state index in [2.05, 4.69) is 36.0 Å². The number of fused-ring (bicyclic) bond motifs is 1. The largest absolute Gasteiger partial charge is 0.325 e. The number of hydrogen-bond donors (Lipinski definition) is 1. The van der Waals surface area contributed by atoms with E-state index in [4.69, 9.17) is 0 Å². The van der Waals surface area contributed by atoms with Crippen molar-refractivity contribution in [2.45, 2.75) is 6.54 Å². The Labute approximate surface area is 181 Å². The highest BCUT2D eigenvalue weighted by Crippen LogP contribution is 2.12. The molecule has 7 nitrogen and oxygen atoms in total. The lowest BCUT2D eigenvalue weighted by Crippen LogP contribution is -2.48. The molecule has 0 aliphatic carbocycles. The third-order valence-corrected chi connectivity index (χ3v) is 5.47. The Morgan fingerprint density at radius 2 is 1.87 bits per heavy atom. The second kappa shape index (κ2) is 9.03. The molecule has 30 heavy (non-hydrogen) atoms. The van der Waals surface area contributed by atoms with Crippen molar-refractivity contribution < 1.29 is 9.18 Å². The van der Waals surface area contributed by atoms with Gasteiger partial charge in [0.2, 0.25) is 5.91 Å². The molecule has 0 unspecified atom stereocenters. The predicted octanol–water partition coefficient (Wildman–Crippen LogP) is 2.35. The number of carbonyl (C=O) groups excluding carboxylic acids is 1. The highest BCUT2D eigenvalue weighted by molar-refractivity contribution is 9.10. The van der Waals surface area contributed by atoms with Gasteiger partial charge in [-0.1, -0.05) is 6.07 Å². The fraction of sp³-hybridized carbons (Fsp3) is 0.286. The molecule has 1 aliphatic heterocycles. The van der Waals surface area contributed by atoms with Gasteiger partial charge in [0.05, 0.1) is 12.2 Å². The van der Waals surface area contributed by atoms with Gasteiger partial charge in [0.25, 0.3) is 5.56 Å². The molecule has 0 spiro atoms. The van der Waals surface area contributed by atoms with Crippen LogP contribution in [0.2, 0.25) is 0 Å². The first-order chi connectivity index (χ1) is 14.5. The second-order valence-corrected chi connectivity index (χ2v) is 8.19. The van der Waals surface area contributed by atoms with E-state index in [-0.39, 0.29) is 23.8 Å². The number of nitrogens with one attached hydrogen (secondary N) is 1. The molecule has 0 radical (unpaired) electrons. The van der Waals surface area contributed by atoms with Crippen LogP contribution >= 0.6 is 15.9 Å². The Hall–Kier alpha value is -2.62. The van der Waals surface area contributed by atoms with Crippen LogP contribution in [0.15, 0.2) is 57.9 Å². The van der Waals surface area contributed by atoms with Gasteiger partial charge in [0, 0.05) is 55.1 Å². The molecule has 1 saturated heterocycles. The molecule has 0 atom stereocenters. The molecule has 0 bridgehead atoms. The highest BCUT2D eigenvalue weighted by Gasteiger charge is 2.20. The van der Waals surface area contributed by atoms with Gasteiger partial charge in [0.1, 0.15) is 11.5 Å². The van der Waals surface area contributed by atoms with E-state index < -0.39 is 0 Å². The number of halogens is 2. The van der Waals surface area contributed by atoms with E-state index in [0.29, 0.717) is 17.9 Å². The molecule has 3 heterocycles. The number of hydrogen-bond acceptors (Lipinski definition) is 5. The van der Waals surface area contributed by atoms with Crippen LogP contribution in [-0.2, 0) is 11.3 Å². The predicted molar refractivity (Wildman–Crippen MR) is 116 cm³/mol. The van der Waals surface area contributed by atoms with Crippen molar-refractivity contribution in [3.05, 3.63) is 75.0 Å². The maximum absolute atomic E-state index is 13.2. The van der Waals surface area contributed by atoms with Crippen LogP contribution in [0.4, 0.5) is 10.1 Å². The van der Waals surface area contributed by atoms with Crippen molar-refractivity contribution in [2.75, 3.05) is 38.0 Å². The quantitative estimate of drug-likeness (QED) is 0.615. The Balaban J connectivity index is 1.30. The normalized spacial score (nSPS) is 15.4. The molecule has 2 aromatic heterocycles. The zero-order valence-electron chi connectivity index (χ0n) is 16.2. The molecule has 1 amide bonds. The highest BCUT2D eigenvalue weighted by atomic mass is 79.9. The molecule has 3 aromatic rings. The molecule has 1 fully saturated rings. The van der Waals surface area contributed by atoms with Crippen LogP contribution in [0.25, 0.3) is 5.65 Å². The summed E-state index contributed by atoms with van der Waals surface area (Å²) in [5, 5.41) is 2.72. The minimum absolute atomic E-state index is 0.107. The van der Waals surface area contributed by atoms with E-state index in [9.17, 15) is 14.0 Å². The zero-order valence-corrected chi connectivity index (χ0v) is 17.8. The smallest absolute Gasteiger partial charge is 0.258 e. The van der Waals surface area contributed by atoms with E-state index in [1.807, 2.05) is 12.1 Å². The number of rotatable bonds is 5. The van der Waals surface area contributed by atoms with Gasteiger partial charge >= 0.3 is 0 Å². The van der Waals surface area contributed by atoms with Crippen molar-refractivity contribution in [3.8, 4) is 0 Å². The number of benzene rings is 1. The number of nitrogens with zero attached hydrogens (tertiary/aromatic N) is 4. The number of piperazine rings is 1. The van der Waals surface area contributed by atoms with Crippen molar-refractivity contribution in [1.29, 1.82) is 0 Å². The number of anilines is 1. The monoisotopic (exact) mass is 473 g/mol. The van der Waals surface area contributed by atoms with Crippen molar-refractivity contribution in [1.82, 2.24) is 19.2 Å². The van der Waals surface area contributed by atoms with Crippen LogP contribution in [-0.4, -0.2) is 57.8 Å². The summed E-state index contributed by atoms with van der Waals surface area (Å²) in [6.45, 7) is 3.86. The SMILES string of the molecule is O=C(CN1CCN(Cc2cc(=O)n3cc(Br)ccc3n2)CC1)Nc1cccc(F)c1. The van der Waals surface area contributed by atoms with Crippen LogP contribution in [0.5, 0.6) is 0 Å². The Morgan fingerprint density at radius 1 is 1.10 bits per heavy atom. The number of carbonyl (C=O) groups is 1. The molecule has 9 heteroatoms. The third kappa shape index (κ3) is 5.10. The molecular formula is C21H21BrFN5O2. The zero-order chi connectivity index (χ0) is 21.1. The fourth-order valence-corrected chi connectivity index (χ4v) is 3.85. The number of aromatic nitrogens is 2. The van der Waals surface area contributed by atoms with Crippen LogP contribution < -0.4 is 10.9 Å². The summed E-state index contributed by atoms with van der Waals surface area (Å²) in [4.78, 5) is 33.4. The lowest BCUT2D eigenvalue weighted by Gasteiger charge is -2.34. The van der Waals surface area contributed by atoms with Gasteiger partial charge in [-0.2, -0.15) is 0 Å². The summed E-state index contributed by atoms with van der Waals surface area (Å²) < 4.78 is 15.6. The van der Waals surface area contributed by atoms with Crippen molar-refractivity contribution in [3.63, 3.8) is 0 Å². The van der Waals surface area contributed by atoms with Gasteiger partial charge in [-0.25, -0.2) is 9.37 Å². The van der Waals surface area contributed by atoms with Crippen molar-refractivity contribution in [2.24, 2.45) is 0 Å². The lowest BCUT2D eigenvalue weighted by atomic mass is 10.2. The molecule has 1 aromatic carbocycles. The molecule has 0 saturated carbocycles. The molecule has 4 rings (SSSR count). The maximum atomic E-state index is 13.2. The van der Waals surface area contributed by atoms with E-state index in [0.717, 1.165) is 36.3 Å². The lowest BCUT2D eigenvalue weighted by molar-refractivity contribution is -0.117. The van der Waals surface area contributed by atoms with Crippen LogP contribution in [0, 0.1) is 5.82 Å². The average Bonchev–Trinajstić information content (AvgIpc) is 2.70. The van der Waals surface area contributed by atoms with Gasteiger partial charge in [-0.15, -0.1) is 0 Å². The summed E-state index contributed by atoms with van der Waals surface area (Å²) >= 11 is 3.36. The third-order valence-electron chi connectivity index (χ3n) is 5.00. The first-order valence-electron chi connectivity index (χ1n) is 9.64. The van der Waals surface area contributed by atoms with E-state index in [1.165, 1.54) is 16.5 Å². The Bertz CT molecular complexity index is 1130. The molecule has 1 aliphatic rings. The minimum Gasteiger partial charge on any atom is -0.325 e. The summed E-state index contributed by atoms with van der Waals surface area (Å²) in [5.41, 5.74) is 1.70. The molecule has 1 N–H and O–H groups in total. The first kappa shape index (κ1) is 20.6. The first-order valence-corrected chi connectivity index (χ1v) is 10.4. The standard InChI is InChI=1S/C21H21BrFN5O2/c22-15-4-5-19-24-18(11-21(30)28(19)12-15)13-26-6-8-27(9-7-26)14-20(29)25-17-3-1-2-16(23)10-17/h1-5,10-12H,6-9,13-14H2,(H,25,29). The summed E-state index contributed by atoms with van der Waals surface area (Å²) in [7, 11) is 0. The Kier molecular flexibility index (Phi) is 6.21. The number of amides is 1. The van der Waals surface area contributed by atoms with Gasteiger partial charge in [0.15, 0.2) is 0 Å². The van der Waals surface area contributed by atoms with E-state index >= 15 is 0 Å². The fourth-order valence-electron chi connectivity index (χ4n) is 3.51. The van der Waals surface area contributed by atoms with Crippen LogP contribution in [0.3, 0.4) is 0 Å². The van der Waals surface area contributed by atoms with E-state index in [1.54, 1.807) is 24.4 Å². The summed E-state index contributed by atoms with van der Waals surface area (Å²) in [6, 6.07) is 11.1. The van der Waals surface area contributed by atoms with Gasteiger partial charge in [-0.3, -0.25) is 23.8 Å². The average molecular weight is 474 g/mol. The van der Waals surface area contributed by atoms with Crippen LogP contribution in [0.1, 0.15) is 5.69 Å². The Morgan fingerprint density at radius 3 is 2.63 bits per heavy atom. The topological polar surface area (TPSA) is 70.0 Å². The van der Waals surface area contributed by atoms with Gasteiger partial charge in [-0.05, 0) is 46.3 Å². The number of pyridine rings is 1. The summed E-state index contributed by atoms with van der Waals surface area (Å²) in [6.07, 6.45) is 1.71. The summed E-state index contributed by atoms with van der Waals surface area (Å²) in [5.74, 6) is -0.541. The molecule has 156 valence electrons.